The van der Waals surface area contributed by atoms with Gasteiger partial charge in [0.1, 0.15) is 0 Å². The molecule has 0 aromatic heterocycles. The summed E-state index contributed by atoms with van der Waals surface area (Å²) in [6.45, 7) is 2.06. The zero-order valence-corrected chi connectivity index (χ0v) is 10.1. The van der Waals surface area contributed by atoms with Gasteiger partial charge in [-0.2, -0.15) is 0 Å². The van der Waals surface area contributed by atoms with Crippen LogP contribution in [0.1, 0.15) is 31.7 Å². The molecule has 0 radical (unpaired) electrons. The van der Waals surface area contributed by atoms with Gasteiger partial charge in [-0.15, -0.1) is 0 Å². The lowest BCUT2D eigenvalue weighted by atomic mass is 9.85. The van der Waals surface area contributed by atoms with E-state index in [0.29, 0.717) is 10.0 Å². The molecule has 2 atom stereocenters. The number of rotatable bonds is 1. The van der Waals surface area contributed by atoms with Gasteiger partial charge in [0.05, 0.1) is 15.6 Å². The highest BCUT2D eigenvalue weighted by molar-refractivity contribution is 6.42. The molecule has 1 aliphatic rings. The van der Waals surface area contributed by atoms with Gasteiger partial charge in [-0.3, -0.25) is 0 Å². The zero-order valence-electron chi connectivity index (χ0n) is 8.63. The summed E-state index contributed by atoms with van der Waals surface area (Å²) < 4.78 is 0. The smallest absolute Gasteiger partial charge is 0.0936 e. The summed E-state index contributed by atoms with van der Waals surface area (Å²) in [6.07, 6.45) is 2.86. The highest BCUT2D eigenvalue weighted by atomic mass is 35.5. The molecule has 0 saturated heterocycles. The largest absolute Gasteiger partial charge is 0.385 e. The summed E-state index contributed by atoms with van der Waals surface area (Å²) in [6, 6.07) is 5.46. The molecule has 1 nitrogen and oxygen atoms in total. The lowest BCUT2D eigenvalue weighted by molar-refractivity contribution is 0.00460. The van der Waals surface area contributed by atoms with Gasteiger partial charge in [0.2, 0.25) is 0 Å². The van der Waals surface area contributed by atoms with E-state index in [4.69, 9.17) is 23.2 Å². The van der Waals surface area contributed by atoms with Crippen molar-refractivity contribution in [1.29, 1.82) is 0 Å². The van der Waals surface area contributed by atoms with Crippen molar-refractivity contribution >= 4 is 23.2 Å². The van der Waals surface area contributed by atoms with Gasteiger partial charge in [-0.25, -0.2) is 0 Å². The highest BCUT2D eigenvalue weighted by Gasteiger charge is 2.41. The molecule has 0 amide bonds. The Morgan fingerprint density at radius 1 is 1.40 bits per heavy atom. The molecule has 1 aromatic carbocycles. The molecule has 2 rings (SSSR count). The number of hydrogen-bond donors (Lipinski definition) is 1. The van der Waals surface area contributed by atoms with E-state index in [1.54, 1.807) is 6.07 Å². The molecule has 0 heterocycles. The summed E-state index contributed by atoms with van der Waals surface area (Å²) in [5.74, 6) is 0.244. The van der Waals surface area contributed by atoms with Gasteiger partial charge < -0.3 is 5.11 Å². The van der Waals surface area contributed by atoms with Gasteiger partial charge in [0, 0.05) is 5.56 Å². The number of hydrogen-bond acceptors (Lipinski definition) is 1. The van der Waals surface area contributed by atoms with Gasteiger partial charge in [0.25, 0.3) is 0 Å². The van der Waals surface area contributed by atoms with E-state index in [9.17, 15) is 5.11 Å². The first-order valence-electron chi connectivity index (χ1n) is 5.22. The molecule has 0 aliphatic heterocycles. The maximum atomic E-state index is 10.6. The molecular weight excluding hydrogens is 231 g/mol. The second-order valence-electron chi connectivity index (χ2n) is 4.32. The standard InChI is InChI=1S/C12H14Cl2O/c1-8-4-3-7-12(8,15)9-5-2-6-10(13)11(9)14/h2,5-6,8,15H,3-4,7H2,1H3. The van der Waals surface area contributed by atoms with Crippen LogP contribution in [0.4, 0.5) is 0 Å². The highest BCUT2D eigenvalue weighted by Crippen LogP contribution is 2.46. The Hall–Kier alpha value is -0.240. The Bertz CT molecular complexity index is 378. The molecule has 1 saturated carbocycles. The van der Waals surface area contributed by atoms with Crippen LogP contribution < -0.4 is 0 Å². The first kappa shape index (κ1) is 11.3. The molecule has 1 fully saturated rings. The molecule has 1 aliphatic carbocycles. The molecular formula is C12H14Cl2O. The third-order valence-corrected chi connectivity index (χ3v) is 4.25. The van der Waals surface area contributed by atoms with Crippen molar-refractivity contribution in [3.63, 3.8) is 0 Å². The van der Waals surface area contributed by atoms with Crippen molar-refractivity contribution in [2.75, 3.05) is 0 Å². The second kappa shape index (κ2) is 3.97. The summed E-state index contributed by atoms with van der Waals surface area (Å²) >= 11 is 12.1. The number of aliphatic hydroxyl groups is 1. The fraction of sp³-hybridized carbons (Fsp3) is 0.500. The SMILES string of the molecule is CC1CCCC1(O)c1cccc(Cl)c1Cl. The monoisotopic (exact) mass is 244 g/mol. The van der Waals surface area contributed by atoms with Crippen LogP contribution in [0.2, 0.25) is 10.0 Å². The fourth-order valence-electron chi connectivity index (χ4n) is 2.40. The van der Waals surface area contributed by atoms with Gasteiger partial charge in [0.15, 0.2) is 0 Å². The van der Waals surface area contributed by atoms with Crippen molar-refractivity contribution in [3.8, 4) is 0 Å². The Morgan fingerprint density at radius 2 is 2.13 bits per heavy atom. The van der Waals surface area contributed by atoms with Crippen molar-refractivity contribution in [2.45, 2.75) is 31.8 Å². The maximum Gasteiger partial charge on any atom is 0.0936 e. The lowest BCUT2D eigenvalue weighted by Gasteiger charge is -2.29. The van der Waals surface area contributed by atoms with Gasteiger partial charge in [-0.05, 0) is 31.2 Å². The van der Waals surface area contributed by atoms with Crippen molar-refractivity contribution in [2.24, 2.45) is 5.92 Å². The Labute approximate surface area is 100 Å². The van der Waals surface area contributed by atoms with E-state index in [1.165, 1.54) is 0 Å². The first-order chi connectivity index (χ1) is 7.05. The topological polar surface area (TPSA) is 20.2 Å². The molecule has 82 valence electrons. The third kappa shape index (κ3) is 1.77. The molecule has 1 N–H and O–H groups in total. The third-order valence-electron chi connectivity index (χ3n) is 3.43. The molecule has 1 aromatic rings. The van der Waals surface area contributed by atoms with Crippen LogP contribution in [0.25, 0.3) is 0 Å². The van der Waals surface area contributed by atoms with E-state index in [2.05, 4.69) is 6.92 Å². The predicted molar refractivity (Wildman–Crippen MR) is 63.4 cm³/mol. The minimum absolute atomic E-state index is 0.244. The minimum atomic E-state index is -0.790. The van der Waals surface area contributed by atoms with E-state index in [0.717, 1.165) is 24.8 Å². The van der Waals surface area contributed by atoms with Crippen LogP contribution in [0.5, 0.6) is 0 Å². The van der Waals surface area contributed by atoms with Crippen LogP contribution in [0, 0.1) is 5.92 Å². The van der Waals surface area contributed by atoms with E-state index in [1.807, 2.05) is 12.1 Å². The fourth-order valence-corrected chi connectivity index (χ4v) is 2.87. The summed E-state index contributed by atoms with van der Waals surface area (Å²) in [7, 11) is 0. The Kier molecular flexibility index (Phi) is 2.98. The Morgan fingerprint density at radius 3 is 2.73 bits per heavy atom. The summed E-state index contributed by atoms with van der Waals surface area (Å²) in [5.41, 5.74) is -0.0104. The van der Waals surface area contributed by atoms with Crippen molar-refractivity contribution in [1.82, 2.24) is 0 Å². The van der Waals surface area contributed by atoms with Crippen LogP contribution in [0.15, 0.2) is 18.2 Å². The quantitative estimate of drug-likeness (QED) is 0.792. The maximum absolute atomic E-state index is 10.6. The van der Waals surface area contributed by atoms with Gasteiger partial charge >= 0.3 is 0 Å². The van der Waals surface area contributed by atoms with Crippen molar-refractivity contribution < 1.29 is 5.11 Å². The molecule has 3 heteroatoms. The normalized spacial score (nSPS) is 30.8. The molecule has 15 heavy (non-hydrogen) atoms. The minimum Gasteiger partial charge on any atom is -0.385 e. The molecule has 0 spiro atoms. The van der Waals surface area contributed by atoms with Gasteiger partial charge in [-0.1, -0.05) is 42.3 Å². The first-order valence-corrected chi connectivity index (χ1v) is 5.98. The van der Waals surface area contributed by atoms with E-state index >= 15 is 0 Å². The average Bonchev–Trinajstić information content (AvgIpc) is 2.53. The van der Waals surface area contributed by atoms with E-state index in [-0.39, 0.29) is 5.92 Å². The second-order valence-corrected chi connectivity index (χ2v) is 5.10. The van der Waals surface area contributed by atoms with E-state index < -0.39 is 5.60 Å². The summed E-state index contributed by atoms with van der Waals surface area (Å²) in [4.78, 5) is 0. The van der Waals surface area contributed by atoms with Crippen molar-refractivity contribution in [3.05, 3.63) is 33.8 Å². The number of halogens is 2. The van der Waals surface area contributed by atoms with Crippen LogP contribution in [0.3, 0.4) is 0 Å². The lowest BCUT2D eigenvalue weighted by Crippen LogP contribution is -2.28. The predicted octanol–water partition coefficient (Wildman–Crippen LogP) is 4.00. The number of benzene rings is 1. The Balaban J connectivity index is 2.49. The van der Waals surface area contributed by atoms with Crippen LogP contribution in [-0.4, -0.2) is 5.11 Å². The van der Waals surface area contributed by atoms with Crippen LogP contribution in [-0.2, 0) is 5.60 Å². The zero-order chi connectivity index (χ0) is 11.1. The molecule has 2 unspecified atom stereocenters. The summed E-state index contributed by atoms with van der Waals surface area (Å²) in [5, 5.41) is 11.6. The average molecular weight is 245 g/mol. The van der Waals surface area contributed by atoms with Crippen LogP contribution >= 0.6 is 23.2 Å². The molecule has 0 bridgehead atoms.